The standard InChI is InChI=1S/C13H13BrO3/c1-3-17-13(16)12(9(2)15)8-10-5-4-6-11(14)7-10/h4-8H,3H2,1-2H3/b12-8-. The summed E-state index contributed by atoms with van der Waals surface area (Å²) in [5.74, 6) is -0.886. The van der Waals surface area contributed by atoms with Gasteiger partial charge in [0.1, 0.15) is 5.57 Å². The zero-order chi connectivity index (χ0) is 12.8. The molecule has 1 aromatic rings. The summed E-state index contributed by atoms with van der Waals surface area (Å²) in [6, 6.07) is 7.34. The van der Waals surface area contributed by atoms with Gasteiger partial charge in [0.2, 0.25) is 0 Å². The molecule has 0 aliphatic carbocycles. The highest BCUT2D eigenvalue weighted by Crippen LogP contribution is 2.15. The Labute approximate surface area is 109 Å². The van der Waals surface area contributed by atoms with Crippen molar-refractivity contribution in [2.24, 2.45) is 0 Å². The predicted molar refractivity (Wildman–Crippen MR) is 69.4 cm³/mol. The normalized spacial score (nSPS) is 11.1. The molecule has 0 fully saturated rings. The number of ketones is 1. The summed E-state index contributed by atoms with van der Waals surface area (Å²) >= 11 is 3.33. The number of esters is 1. The Balaban J connectivity index is 3.06. The maximum absolute atomic E-state index is 11.6. The van der Waals surface area contributed by atoms with Gasteiger partial charge < -0.3 is 4.74 Å². The molecule has 90 valence electrons. The van der Waals surface area contributed by atoms with E-state index in [2.05, 4.69) is 15.9 Å². The molecule has 0 aliphatic rings. The van der Waals surface area contributed by atoms with Crippen LogP contribution in [-0.4, -0.2) is 18.4 Å². The van der Waals surface area contributed by atoms with Crippen LogP contribution in [0.25, 0.3) is 6.08 Å². The zero-order valence-electron chi connectivity index (χ0n) is 9.70. The molecule has 0 unspecified atom stereocenters. The van der Waals surface area contributed by atoms with Gasteiger partial charge >= 0.3 is 5.97 Å². The molecule has 1 aromatic carbocycles. The van der Waals surface area contributed by atoms with E-state index in [-0.39, 0.29) is 18.0 Å². The molecule has 0 radical (unpaired) electrons. The van der Waals surface area contributed by atoms with Crippen LogP contribution in [-0.2, 0) is 14.3 Å². The van der Waals surface area contributed by atoms with E-state index in [0.29, 0.717) is 0 Å². The van der Waals surface area contributed by atoms with Gasteiger partial charge in [0.05, 0.1) is 6.61 Å². The average Bonchev–Trinajstić information content (AvgIpc) is 2.26. The quantitative estimate of drug-likeness (QED) is 0.371. The van der Waals surface area contributed by atoms with E-state index in [1.807, 2.05) is 24.3 Å². The molecule has 0 N–H and O–H groups in total. The van der Waals surface area contributed by atoms with Crippen molar-refractivity contribution in [1.82, 2.24) is 0 Å². The smallest absolute Gasteiger partial charge is 0.341 e. The van der Waals surface area contributed by atoms with Crippen LogP contribution < -0.4 is 0 Å². The van der Waals surface area contributed by atoms with Crippen LogP contribution >= 0.6 is 15.9 Å². The monoisotopic (exact) mass is 296 g/mol. The fourth-order valence-corrected chi connectivity index (χ4v) is 1.69. The third-order valence-electron chi connectivity index (χ3n) is 2.03. The third-order valence-corrected chi connectivity index (χ3v) is 2.53. The van der Waals surface area contributed by atoms with Gasteiger partial charge in [0, 0.05) is 4.47 Å². The Morgan fingerprint density at radius 3 is 2.65 bits per heavy atom. The first-order chi connectivity index (χ1) is 8.04. The lowest BCUT2D eigenvalue weighted by Gasteiger charge is -2.03. The van der Waals surface area contributed by atoms with Crippen molar-refractivity contribution in [1.29, 1.82) is 0 Å². The van der Waals surface area contributed by atoms with E-state index in [4.69, 9.17) is 4.74 Å². The minimum atomic E-state index is -0.583. The second kappa shape index (κ2) is 6.35. The molecule has 3 nitrogen and oxygen atoms in total. The lowest BCUT2D eigenvalue weighted by molar-refractivity contribution is -0.139. The number of ether oxygens (including phenoxy) is 1. The van der Waals surface area contributed by atoms with Crippen molar-refractivity contribution in [2.45, 2.75) is 13.8 Å². The van der Waals surface area contributed by atoms with Crippen molar-refractivity contribution in [2.75, 3.05) is 6.61 Å². The molecule has 0 aliphatic heterocycles. The van der Waals surface area contributed by atoms with E-state index in [0.717, 1.165) is 10.0 Å². The van der Waals surface area contributed by atoms with Gasteiger partial charge in [-0.3, -0.25) is 4.79 Å². The van der Waals surface area contributed by atoms with Crippen molar-refractivity contribution in [3.8, 4) is 0 Å². The average molecular weight is 297 g/mol. The summed E-state index contributed by atoms with van der Waals surface area (Å²) in [5.41, 5.74) is 0.836. The summed E-state index contributed by atoms with van der Waals surface area (Å²) in [5, 5.41) is 0. The van der Waals surface area contributed by atoms with Gasteiger partial charge in [-0.25, -0.2) is 4.79 Å². The van der Waals surface area contributed by atoms with Crippen molar-refractivity contribution < 1.29 is 14.3 Å². The maximum atomic E-state index is 11.6. The first kappa shape index (κ1) is 13.6. The van der Waals surface area contributed by atoms with E-state index in [9.17, 15) is 9.59 Å². The number of rotatable bonds is 4. The third kappa shape index (κ3) is 4.15. The van der Waals surface area contributed by atoms with Crippen LogP contribution in [0.15, 0.2) is 34.3 Å². The Hall–Kier alpha value is -1.42. The molecule has 0 saturated carbocycles. The van der Waals surface area contributed by atoms with Crippen molar-refractivity contribution in [3.63, 3.8) is 0 Å². The number of carbonyl (C=O) groups is 2. The molecule has 17 heavy (non-hydrogen) atoms. The van der Waals surface area contributed by atoms with Gasteiger partial charge in [0.15, 0.2) is 5.78 Å². The zero-order valence-corrected chi connectivity index (χ0v) is 11.3. The number of benzene rings is 1. The fourth-order valence-electron chi connectivity index (χ4n) is 1.28. The number of Topliss-reactive ketones (excluding diaryl/α,β-unsaturated/α-hetero) is 1. The van der Waals surface area contributed by atoms with Gasteiger partial charge in [0.25, 0.3) is 0 Å². The largest absolute Gasteiger partial charge is 0.462 e. The topological polar surface area (TPSA) is 43.4 Å². The molecular weight excluding hydrogens is 284 g/mol. The molecule has 0 atom stereocenters. The van der Waals surface area contributed by atoms with Crippen LogP contribution in [0.4, 0.5) is 0 Å². The highest BCUT2D eigenvalue weighted by Gasteiger charge is 2.15. The molecule has 0 bridgehead atoms. The molecule has 0 amide bonds. The van der Waals surface area contributed by atoms with Gasteiger partial charge in [-0.1, -0.05) is 28.1 Å². The Morgan fingerprint density at radius 1 is 1.41 bits per heavy atom. The van der Waals surface area contributed by atoms with E-state index < -0.39 is 5.97 Å². The summed E-state index contributed by atoms with van der Waals surface area (Å²) in [6.45, 7) is 3.30. The summed E-state index contributed by atoms with van der Waals surface area (Å²) in [7, 11) is 0. The van der Waals surface area contributed by atoms with Crippen LogP contribution in [0.1, 0.15) is 19.4 Å². The van der Waals surface area contributed by atoms with Crippen LogP contribution in [0.3, 0.4) is 0 Å². The molecule has 0 heterocycles. The molecule has 1 rings (SSSR count). The summed E-state index contributed by atoms with van der Waals surface area (Å²) in [6.07, 6.45) is 1.53. The number of hydrogen-bond acceptors (Lipinski definition) is 3. The van der Waals surface area contributed by atoms with E-state index in [1.165, 1.54) is 13.0 Å². The molecule has 0 aromatic heterocycles. The van der Waals surface area contributed by atoms with Crippen LogP contribution in [0.2, 0.25) is 0 Å². The molecule has 0 spiro atoms. The Bertz CT molecular complexity index is 463. The predicted octanol–water partition coefficient (Wildman–Crippen LogP) is 2.98. The lowest BCUT2D eigenvalue weighted by atomic mass is 10.1. The summed E-state index contributed by atoms with van der Waals surface area (Å²) < 4.78 is 5.72. The summed E-state index contributed by atoms with van der Waals surface area (Å²) in [4.78, 5) is 22.9. The van der Waals surface area contributed by atoms with Gasteiger partial charge in [-0.05, 0) is 37.6 Å². The highest BCUT2D eigenvalue weighted by atomic mass is 79.9. The highest BCUT2D eigenvalue weighted by molar-refractivity contribution is 9.10. The number of carbonyl (C=O) groups excluding carboxylic acids is 2. The Morgan fingerprint density at radius 2 is 2.12 bits per heavy atom. The van der Waals surface area contributed by atoms with Gasteiger partial charge in [-0.2, -0.15) is 0 Å². The number of hydrogen-bond donors (Lipinski definition) is 0. The fraction of sp³-hybridized carbons (Fsp3) is 0.231. The van der Waals surface area contributed by atoms with Crippen LogP contribution in [0.5, 0.6) is 0 Å². The first-order valence-electron chi connectivity index (χ1n) is 5.20. The number of halogens is 1. The molecular formula is C13H13BrO3. The first-order valence-corrected chi connectivity index (χ1v) is 5.99. The van der Waals surface area contributed by atoms with Gasteiger partial charge in [-0.15, -0.1) is 0 Å². The lowest BCUT2D eigenvalue weighted by Crippen LogP contribution is -2.13. The van der Waals surface area contributed by atoms with E-state index >= 15 is 0 Å². The Kier molecular flexibility index (Phi) is 5.10. The molecule has 0 saturated heterocycles. The minimum Gasteiger partial charge on any atom is -0.462 e. The second-order valence-corrected chi connectivity index (χ2v) is 4.31. The minimum absolute atomic E-state index is 0.0601. The van der Waals surface area contributed by atoms with Crippen molar-refractivity contribution >= 4 is 33.8 Å². The van der Waals surface area contributed by atoms with Crippen LogP contribution in [0, 0.1) is 0 Å². The maximum Gasteiger partial charge on any atom is 0.341 e. The second-order valence-electron chi connectivity index (χ2n) is 3.39. The SMILES string of the molecule is CCOC(=O)/C(=C\c1cccc(Br)c1)C(C)=O. The van der Waals surface area contributed by atoms with E-state index in [1.54, 1.807) is 6.92 Å². The molecule has 4 heteroatoms. The van der Waals surface area contributed by atoms with Crippen molar-refractivity contribution in [3.05, 3.63) is 39.9 Å².